The maximum absolute atomic E-state index is 13.4. The lowest BCUT2D eigenvalue weighted by atomic mass is 9.92. The van der Waals surface area contributed by atoms with Crippen LogP contribution in [-0.2, 0) is 12.7 Å². The first kappa shape index (κ1) is 23.5. The molecule has 36 heavy (non-hydrogen) atoms. The van der Waals surface area contributed by atoms with Crippen molar-refractivity contribution < 1.29 is 13.2 Å². The van der Waals surface area contributed by atoms with E-state index in [1.807, 2.05) is 10.7 Å². The van der Waals surface area contributed by atoms with Gasteiger partial charge in [-0.25, -0.2) is 4.68 Å². The number of rotatable bonds is 4. The molecule has 2 aromatic heterocycles. The molecule has 1 saturated heterocycles. The van der Waals surface area contributed by atoms with Crippen LogP contribution in [0.25, 0.3) is 0 Å². The summed E-state index contributed by atoms with van der Waals surface area (Å²) in [4.78, 5) is 7.17. The number of hydrogen-bond acceptors (Lipinski definition) is 6. The maximum Gasteiger partial charge on any atom is 0.416 e. The van der Waals surface area contributed by atoms with E-state index in [2.05, 4.69) is 20.4 Å². The molecule has 1 saturated carbocycles. The second-order valence-corrected chi connectivity index (χ2v) is 10.5. The van der Waals surface area contributed by atoms with Crippen molar-refractivity contribution in [2.45, 2.75) is 56.8 Å². The quantitative estimate of drug-likeness (QED) is 0.501. The summed E-state index contributed by atoms with van der Waals surface area (Å²) in [5.74, 6) is 1.97. The number of aromatic nitrogens is 5. The lowest BCUT2D eigenvalue weighted by Crippen LogP contribution is -2.48. The minimum Gasteiger partial charge on any atom is -0.369 e. The van der Waals surface area contributed by atoms with E-state index in [9.17, 15) is 13.2 Å². The molecule has 2 bridgehead atoms. The van der Waals surface area contributed by atoms with Gasteiger partial charge in [0, 0.05) is 37.7 Å². The van der Waals surface area contributed by atoms with Gasteiger partial charge in [-0.3, -0.25) is 0 Å². The first-order chi connectivity index (χ1) is 17.3. The number of hydrogen-bond donors (Lipinski definition) is 1. The van der Waals surface area contributed by atoms with E-state index in [1.165, 1.54) is 12.1 Å². The normalized spacial score (nSPS) is 25.9. The molecule has 0 amide bonds. The Hall–Kier alpha value is -2.88. The summed E-state index contributed by atoms with van der Waals surface area (Å²) in [6.07, 6.45) is 2.22. The summed E-state index contributed by atoms with van der Waals surface area (Å²) in [6, 6.07) is 7.75. The number of aryl methyl sites for hydroxylation is 1. The molecule has 2 aliphatic heterocycles. The van der Waals surface area contributed by atoms with Crippen LogP contribution in [0.15, 0.2) is 36.5 Å². The molecule has 0 unspecified atom stereocenters. The lowest BCUT2D eigenvalue weighted by molar-refractivity contribution is -0.137. The van der Waals surface area contributed by atoms with Crippen molar-refractivity contribution in [3.8, 4) is 0 Å². The molecule has 6 rings (SSSR count). The third-order valence-electron chi connectivity index (χ3n) is 7.85. The minimum atomic E-state index is -4.37. The highest BCUT2D eigenvalue weighted by Gasteiger charge is 2.43. The molecule has 0 radical (unpaired) electrons. The molecule has 3 aromatic rings. The summed E-state index contributed by atoms with van der Waals surface area (Å²) in [6.45, 7) is 2.49. The number of nitrogens with one attached hydrogen (secondary N) is 1. The van der Waals surface area contributed by atoms with Gasteiger partial charge in [-0.15, -0.1) is 10.2 Å². The van der Waals surface area contributed by atoms with E-state index in [1.54, 1.807) is 12.3 Å². The number of benzene rings is 1. The maximum atomic E-state index is 13.4. The van der Waals surface area contributed by atoms with Gasteiger partial charge in [0.25, 0.3) is 0 Å². The van der Waals surface area contributed by atoms with Crippen LogP contribution in [-0.4, -0.2) is 44.1 Å². The highest BCUT2D eigenvalue weighted by Crippen LogP contribution is 2.41. The number of anilines is 2. The Balaban J connectivity index is 1.22. The van der Waals surface area contributed by atoms with E-state index >= 15 is 0 Å². The van der Waals surface area contributed by atoms with Crippen LogP contribution in [0.2, 0.25) is 5.15 Å². The summed E-state index contributed by atoms with van der Waals surface area (Å²) in [5, 5.41) is 16.6. The van der Waals surface area contributed by atoms with E-state index < -0.39 is 11.7 Å². The molecule has 0 spiro atoms. The third-order valence-corrected chi connectivity index (χ3v) is 8.03. The second kappa shape index (κ2) is 9.21. The van der Waals surface area contributed by atoms with Crippen molar-refractivity contribution in [1.82, 2.24) is 25.0 Å². The van der Waals surface area contributed by atoms with Gasteiger partial charge in [0.05, 0.1) is 17.4 Å². The van der Waals surface area contributed by atoms with E-state index in [4.69, 9.17) is 21.7 Å². The smallest absolute Gasteiger partial charge is 0.369 e. The second-order valence-electron chi connectivity index (χ2n) is 10.1. The molecule has 4 heterocycles. The van der Waals surface area contributed by atoms with Gasteiger partial charge in [0.1, 0.15) is 5.82 Å². The fourth-order valence-electron chi connectivity index (χ4n) is 6.15. The van der Waals surface area contributed by atoms with Crippen LogP contribution in [0.4, 0.5) is 24.8 Å². The Morgan fingerprint density at radius 2 is 1.83 bits per heavy atom. The zero-order valence-electron chi connectivity index (χ0n) is 19.6. The molecule has 2 fully saturated rings. The highest BCUT2D eigenvalue weighted by atomic mass is 35.5. The van der Waals surface area contributed by atoms with Gasteiger partial charge in [-0.1, -0.05) is 36.2 Å². The Morgan fingerprint density at radius 3 is 2.58 bits per heavy atom. The largest absolute Gasteiger partial charge is 0.416 e. The zero-order chi connectivity index (χ0) is 24.9. The van der Waals surface area contributed by atoms with E-state index in [-0.39, 0.29) is 12.0 Å². The molecule has 190 valence electrons. The Labute approximate surface area is 212 Å². The minimum absolute atomic E-state index is 0.208. The predicted molar refractivity (Wildman–Crippen MR) is 130 cm³/mol. The topological polar surface area (TPSA) is 71.8 Å². The molecular formula is C25H27ClF3N7. The number of piperidine rings is 1. The summed E-state index contributed by atoms with van der Waals surface area (Å²) < 4.78 is 41.9. The molecule has 1 N–H and O–H groups in total. The highest BCUT2D eigenvalue weighted by molar-refractivity contribution is 6.29. The van der Waals surface area contributed by atoms with Crippen LogP contribution in [0.5, 0.6) is 0 Å². The fourth-order valence-corrected chi connectivity index (χ4v) is 6.30. The third kappa shape index (κ3) is 4.51. The predicted octanol–water partition coefficient (Wildman–Crippen LogP) is 5.38. The summed E-state index contributed by atoms with van der Waals surface area (Å²) >= 11 is 6.05. The molecular weight excluding hydrogens is 491 g/mol. The van der Waals surface area contributed by atoms with Crippen molar-refractivity contribution in [2.24, 2.45) is 11.8 Å². The van der Waals surface area contributed by atoms with E-state index in [0.29, 0.717) is 28.5 Å². The number of nitrogens with zero attached hydrogens (tertiary/aromatic N) is 6. The van der Waals surface area contributed by atoms with Crippen molar-refractivity contribution in [3.05, 3.63) is 58.6 Å². The SMILES string of the molecule is FC(F)(F)c1cccc([C@@H]2CCCCn3nc(NC4[C@@H]5CC[C@@H]4CN(c4cnnc(Cl)c4)C5)nc32)c1. The molecule has 3 atom stereocenters. The molecule has 1 aromatic carbocycles. The Morgan fingerprint density at radius 1 is 1.03 bits per heavy atom. The van der Waals surface area contributed by atoms with Crippen molar-refractivity contribution in [2.75, 3.05) is 23.3 Å². The molecule has 1 aliphatic carbocycles. The van der Waals surface area contributed by atoms with Gasteiger partial charge < -0.3 is 10.2 Å². The summed E-state index contributed by atoms with van der Waals surface area (Å²) in [5.41, 5.74) is 1.01. The molecule has 11 heteroatoms. The lowest BCUT2D eigenvalue weighted by Gasteiger charge is -2.39. The summed E-state index contributed by atoms with van der Waals surface area (Å²) in [7, 11) is 0. The van der Waals surface area contributed by atoms with Crippen LogP contribution < -0.4 is 10.2 Å². The first-order valence-corrected chi connectivity index (χ1v) is 12.8. The van der Waals surface area contributed by atoms with Gasteiger partial charge in [-0.05, 0) is 49.1 Å². The molecule has 7 nitrogen and oxygen atoms in total. The van der Waals surface area contributed by atoms with Gasteiger partial charge in [0.2, 0.25) is 5.95 Å². The number of halogens is 4. The average Bonchev–Trinajstić information content (AvgIpc) is 3.25. The first-order valence-electron chi connectivity index (χ1n) is 12.5. The number of alkyl halides is 3. The standard InChI is InChI=1S/C25H27ClF3N7/c26-21-11-19(12-30-33-21)35-13-16-7-8-17(14-35)22(16)31-24-32-23-20(6-1-2-9-36(23)34-24)15-4-3-5-18(10-15)25(27,28)29/h3-5,10-12,16-17,20,22H,1-2,6-9,13-14H2,(H,31,34)/t16-,17-,20+/m1/s1. The van der Waals surface area contributed by atoms with Crippen molar-refractivity contribution >= 4 is 23.2 Å². The van der Waals surface area contributed by atoms with Crippen molar-refractivity contribution in [3.63, 3.8) is 0 Å². The van der Waals surface area contributed by atoms with Crippen LogP contribution >= 0.6 is 11.6 Å². The molecule has 3 aliphatic rings. The Kier molecular flexibility index (Phi) is 6.02. The van der Waals surface area contributed by atoms with Gasteiger partial charge >= 0.3 is 6.18 Å². The van der Waals surface area contributed by atoms with Crippen molar-refractivity contribution in [1.29, 1.82) is 0 Å². The van der Waals surface area contributed by atoms with E-state index in [0.717, 1.165) is 69.3 Å². The van der Waals surface area contributed by atoms with Gasteiger partial charge in [-0.2, -0.15) is 23.3 Å². The van der Waals surface area contributed by atoms with Gasteiger partial charge in [0.15, 0.2) is 5.15 Å². The van der Waals surface area contributed by atoms with Crippen LogP contribution in [0, 0.1) is 11.8 Å². The van der Waals surface area contributed by atoms with Crippen LogP contribution in [0.1, 0.15) is 55.0 Å². The fraction of sp³-hybridized carbons (Fsp3) is 0.520. The zero-order valence-corrected chi connectivity index (χ0v) is 20.4. The average molecular weight is 518 g/mol. The van der Waals surface area contributed by atoms with Crippen LogP contribution in [0.3, 0.4) is 0 Å². The Bertz CT molecular complexity index is 1230. The number of fused-ring (bicyclic) bond motifs is 3. The monoisotopic (exact) mass is 517 g/mol.